The number of halogens is 1. The van der Waals surface area contributed by atoms with Crippen LogP contribution in [0.3, 0.4) is 0 Å². The van der Waals surface area contributed by atoms with Crippen molar-refractivity contribution in [1.29, 1.82) is 0 Å². The number of ether oxygens (including phenoxy) is 1. The van der Waals surface area contributed by atoms with E-state index in [1.54, 1.807) is 0 Å². The van der Waals surface area contributed by atoms with Gasteiger partial charge in [-0.1, -0.05) is 12.1 Å². The number of hydrogen-bond acceptors (Lipinski definition) is 5. The SMILES string of the molecule is C[C@@H](OC(=O)CCNS(=O)(=O)c1ccccc1F)C(N)=O. The Labute approximate surface area is 121 Å². The van der Waals surface area contributed by atoms with Gasteiger partial charge in [0, 0.05) is 6.54 Å². The van der Waals surface area contributed by atoms with Gasteiger partial charge in [0.15, 0.2) is 6.10 Å². The summed E-state index contributed by atoms with van der Waals surface area (Å²) >= 11 is 0. The molecule has 1 aromatic carbocycles. The van der Waals surface area contributed by atoms with Crippen LogP contribution in [0, 0.1) is 5.82 Å². The van der Waals surface area contributed by atoms with Gasteiger partial charge in [0.25, 0.3) is 5.91 Å². The molecule has 21 heavy (non-hydrogen) atoms. The van der Waals surface area contributed by atoms with Crippen molar-refractivity contribution in [2.24, 2.45) is 5.73 Å². The minimum atomic E-state index is -4.06. The summed E-state index contributed by atoms with van der Waals surface area (Å²) in [5, 5.41) is 0. The molecule has 0 radical (unpaired) electrons. The van der Waals surface area contributed by atoms with E-state index >= 15 is 0 Å². The quantitative estimate of drug-likeness (QED) is 0.682. The van der Waals surface area contributed by atoms with Crippen molar-refractivity contribution < 1.29 is 27.1 Å². The van der Waals surface area contributed by atoms with Crippen molar-refractivity contribution in [3.05, 3.63) is 30.1 Å². The monoisotopic (exact) mass is 318 g/mol. The fourth-order valence-electron chi connectivity index (χ4n) is 1.34. The third-order valence-electron chi connectivity index (χ3n) is 2.46. The third-order valence-corrected chi connectivity index (χ3v) is 3.95. The van der Waals surface area contributed by atoms with Gasteiger partial charge in [-0.2, -0.15) is 0 Å². The second-order valence-electron chi connectivity index (χ2n) is 4.11. The maximum Gasteiger partial charge on any atom is 0.307 e. The van der Waals surface area contributed by atoms with Crippen LogP contribution < -0.4 is 10.5 Å². The lowest BCUT2D eigenvalue weighted by Gasteiger charge is -2.10. The fraction of sp³-hybridized carbons (Fsp3) is 0.333. The van der Waals surface area contributed by atoms with E-state index in [0.717, 1.165) is 12.1 Å². The van der Waals surface area contributed by atoms with Gasteiger partial charge in [0.05, 0.1) is 6.42 Å². The normalized spacial score (nSPS) is 12.7. The van der Waals surface area contributed by atoms with Gasteiger partial charge in [-0.25, -0.2) is 17.5 Å². The Balaban J connectivity index is 2.54. The van der Waals surface area contributed by atoms with Crippen molar-refractivity contribution in [1.82, 2.24) is 4.72 Å². The third kappa shape index (κ3) is 5.12. The topological polar surface area (TPSA) is 116 Å². The number of carbonyl (C=O) groups is 2. The molecule has 3 N–H and O–H groups in total. The molecule has 1 aromatic rings. The number of hydrogen-bond donors (Lipinski definition) is 2. The van der Waals surface area contributed by atoms with Crippen LogP contribution in [-0.2, 0) is 24.3 Å². The van der Waals surface area contributed by atoms with Gasteiger partial charge in [-0.05, 0) is 19.1 Å². The number of carbonyl (C=O) groups excluding carboxylic acids is 2. The number of nitrogens with one attached hydrogen (secondary N) is 1. The lowest BCUT2D eigenvalue weighted by atomic mass is 10.3. The standard InChI is InChI=1S/C12H15FN2O5S/c1-8(12(14)17)20-11(16)6-7-15-21(18,19)10-5-3-2-4-9(10)13/h2-5,8,15H,6-7H2,1H3,(H2,14,17)/t8-/m1/s1. The Morgan fingerprint density at radius 3 is 2.57 bits per heavy atom. The van der Waals surface area contributed by atoms with E-state index in [1.807, 2.05) is 0 Å². The van der Waals surface area contributed by atoms with Crippen LogP contribution in [0.1, 0.15) is 13.3 Å². The van der Waals surface area contributed by atoms with Crippen LogP contribution in [-0.4, -0.2) is 32.9 Å². The molecule has 1 amide bonds. The molecule has 7 nitrogen and oxygen atoms in total. The molecule has 0 aliphatic heterocycles. The molecule has 0 aromatic heterocycles. The van der Waals surface area contributed by atoms with E-state index < -0.39 is 38.7 Å². The zero-order valence-corrected chi connectivity index (χ0v) is 12.0. The zero-order valence-electron chi connectivity index (χ0n) is 11.2. The van der Waals surface area contributed by atoms with Crippen LogP contribution in [0.2, 0.25) is 0 Å². The number of sulfonamides is 1. The highest BCUT2D eigenvalue weighted by molar-refractivity contribution is 7.89. The lowest BCUT2D eigenvalue weighted by molar-refractivity contribution is -0.153. The van der Waals surface area contributed by atoms with Crippen molar-refractivity contribution >= 4 is 21.9 Å². The summed E-state index contributed by atoms with van der Waals surface area (Å²) in [6, 6.07) is 4.85. The number of benzene rings is 1. The summed E-state index contributed by atoms with van der Waals surface area (Å²) in [6.45, 7) is 1.00. The largest absolute Gasteiger partial charge is 0.453 e. The fourth-order valence-corrected chi connectivity index (χ4v) is 2.45. The summed E-state index contributed by atoms with van der Waals surface area (Å²) in [5.74, 6) is -2.50. The number of amides is 1. The van der Waals surface area contributed by atoms with Gasteiger partial charge >= 0.3 is 5.97 Å². The van der Waals surface area contributed by atoms with E-state index in [4.69, 9.17) is 5.73 Å². The molecule has 0 aliphatic carbocycles. The molecule has 9 heteroatoms. The average Bonchev–Trinajstić information content (AvgIpc) is 2.38. The van der Waals surface area contributed by atoms with Gasteiger partial charge < -0.3 is 10.5 Å². The molecule has 1 atom stereocenters. The molecule has 0 saturated heterocycles. The zero-order chi connectivity index (χ0) is 16.0. The summed E-state index contributed by atoms with van der Waals surface area (Å²) < 4.78 is 43.6. The highest BCUT2D eigenvalue weighted by atomic mass is 32.2. The Morgan fingerprint density at radius 2 is 2.00 bits per heavy atom. The molecule has 116 valence electrons. The maximum atomic E-state index is 13.4. The first-order valence-electron chi connectivity index (χ1n) is 5.97. The van der Waals surface area contributed by atoms with E-state index in [-0.39, 0.29) is 13.0 Å². The van der Waals surface area contributed by atoms with Gasteiger partial charge in [-0.15, -0.1) is 0 Å². The van der Waals surface area contributed by atoms with Crippen LogP contribution in [0.5, 0.6) is 0 Å². The summed E-state index contributed by atoms with van der Waals surface area (Å²) in [7, 11) is -4.06. The van der Waals surface area contributed by atoms with Crippen molar-refractivity contribution in [2.75, 3.05) is 6.54 Å². The minimum Gasteiger partial charge on any atom is -0.453 e. The first-order chi connectivity index (χ1) is 9.74. The Hall–Kier alpha value is -2.00. The van der Waals surface area contributed by atoms with Gasteiger partial charge in [0.1, 0.15) is 10.7 Å². The second-order valence-corrected chi connectivity index (χ2v) is 5.85. The second kappa shape index (κ2) is 7.14. The number of esters is 1. The maximum absolute atomic E-state index is 13.4. The van der Waals surface area contributed by atoms with Gasteiger partial charge in [-0.3, -0.25) is 9.59 Å². The summed E-state index contributed by atoms with van der Waals surface area (Å²) in [4.78, 5) is 21.5. The number of nitrogens with two attached hydrogens (primary N) is 1. The van der Waals surface area contributed by atoms with Crippen molar-refractivity contribution in [3.63, 3.8) is 0 Å². The van der Waals surface area contributed by atoms with Crippen molar-refractivity contribution in [3.8, 4) is 0 Å². The molecule has 0 unspecified atom stereocenters. The minimum absolute atomic E-state index is 0.291. The van der Waals surface area contributed by atoms with E-state index in [0.29, 0.717) is 0 Å². The van der Waals surface area contributed by atoms with Crippen LogP contribution in [0.25, 0.3) is 0 Å². The van der Waals surface area contributed by atoms with E-state index in [2.05, 4.69) is 9.46 Å². The molecular weight excluding hydrogens is 303 g/mol. The molecule has 0 bridgehead atoms. The van der Waals surface area contributed by atoms with Crippen molar-refractivity contribution in [2.45, 2.75) is 24.3 Å². The average molecular weight is 318 g/mol. The highest BCUT2D eigenvalue weighted by Crippen LogP contribution is 2.12. The van der Waals surface area contributed by atoms with Crippen LogP contribution >= 0.6 is 0 Å². The summed E-state index contributed by atoms with van der Waals surface area (Å²) in [6.07, 6.45) is -1.41. The predicted octanol–water partition coefficient (Wildman–Crippen LogP) is -0.0889. The number of primary amides is 1. The summed E-state index contributed by atoms with van der Waals surface area (Å²) in [5.41, 5.74) is 4.91. The first-order valence-corrected chi connectivity index (χ1v) is 7.45. The predicted molar refractivity (Wildman–Crippen MR) is 71.0 cm³/mol. The molecule has 1 rings (SSSR count). The van der Waals surface area contributed by atoms with Gasteiger partial charge in [0.2, 0.25) is 10.0 Å². The molecule has 0 heterocycles. The molecule has 0 aliphatic rings. The molecule has 0 spiro atoms. The van der Waals surface area contributed by atoms with E-state index in [1.165, 1.54) is 19.1 Å². The van der Waals surface area contributed by atoms with Crippen LogP contribution in [0.15, 0.2) is 29.2 Å². The van der Waals surface area contributed by atoms with E-state index in [9.17, 15) is 22.4 Å². The Morgan fingerprint density at radius 1 is 1.38 bits per heavy atom. The highest BCUT2D eigenvalue weighted by Gasteiger charge is 2.19. The van der Waals surface area contributed by atoms with Crippen LogP contribution in [0.4, 0.5) is 4.39 Å². The molecule has 0 saturated carbocycles. The Kier molecular flexibility index (Phi) is 5.79. The molecule has 0 fully saturated rings. The molecular formula is C12H15FN2O5S. The Bertz CT molecular complexity index is 632. The lowest BCUT2D eigenvalue weighted by Crippen LogP contribution is -2.32. The smallest absolute Gasteiger partial charge is 0.307 e. The number of rotatable bonds is 7. The first kappa shape index (κ1) is 17.1.